The molecule has 1 atom stereocenters. The maximum Gasteiger partial charge on any atom is 0.290 e. The molecule has 0 spiro atoms. The van der Waals surface area contributed by atoms with Gasteiger partial charge in [-0.2, -0.15) is 0 Å². The van der Waals surface area contributed by atoms with E-state index in [0.29, 0.717) is 17.7 Å². The molecular formula is C24H19ClFNO2S. The average molecular weight is 440 g/mol. The molecule has 30 heavy (non-hydrogen) atoms. The van der Waals surface area contributed by atoms with Gasteiger partial charge in [-0.3, -0.25) is 4.79 Å². The second kappa shape index (κ2) is 8.54. The molecule has 3 aromatic carbocycles. The molecule has 0 aliphatic carbocycles. The highest BCUT2D eigenvalue weighted by molar-refractivity contribution is 7.98. The van der Waals surface area contributed by atoms with Crippen molar-refractivity contribution in [2.75, 3.05) is 6.26 Å². The molecule has 152 valence electrons. The highest BCUT2D eigenvalue weighted by atomic mass is 35.5. The molecular weight excluding hydrogens is 421 g/mol. The van der Waals surface area contributed by atoms with Gasteiger partial charge in [-0.1, -0.05) is 60.1 Å². The maximum atomic E-state index is 13.8. The van der Waals surface area contributed by atoms with Gasteiger partial charge >= 0.3 is 0 Å². The first-order valence-corrected chi connectivity index (χ1v) is 11.0. The first-order valence-electron chi connectivity index (χ1n) is 9.37. The Hall–Kier alpha value is -2.76. The van der Waals surface area contributed by atoms with Crippen LogP contribution in [0.2, 0.25) is 5.02 Å². The lowest BCUT2D eigenvalue weighted by Gasteiger charge is -2.28. The van der Waals surface area contributed by atoms with Gasteiger partial charge in [-0.15, -0.1) is 11.8 Å². The largest absolute Gasteiger partial charge is 0.503 e. The molecule has 0 fully saturated rings. The Labute approximate surface area is 183 Å². The lowest BCUT2D eigenvalue weighted by atomic mass is 9.93. The molecule has 1 aliphatic heterocycles. The van der Waals surface area contributed by atoms with Crippen molar-refractivity contribution in [3.05, 3.63) is 106 Å². The Bertz CT molecular complexity index is 1120. The van der Waals surface area contributed by atoms with Gasteiger partial charge in [0.05, 0.1) is 11.1 Å². The molecule has 0 unspecified atom stereocenters. The van der Waals surface area contributed by atoms with E-state index in [9.17, 15) is 14.3 Å². The predicted molar refractivity (Wildman–Crippen MR) is 119 cm³/mol. The van der Waals surface area contributed by atoms with Crippen molar-refractivity contribution in [3.63, 3.8) is 0 Å². The second-order valence-corrected chi connectivity index (χ2v) is 8.27. The zero-order chi connectivity index (χ0) is 21.3. The number of hydrogen-bond donors (Lipinski definition) is 1. The number of amides is 1. The summed E-state index contributed by atoms with van der Waals surface area (Å²) in [5.41, 5.74) is 2.79. The van der Waals surface area contributed by atoms with Crippen molar-refractivity contribution in [3.8, 4) is 0 Å². The molecule has 0 saturated carbocycles. The lowest BCUT2D eigenvalue weighted by Crippen LogP contribution is -2.29. The van der Waals surface area contributed by atoms with E-state index >= 15 is 0 Å². The van der Waals surface area contributed by atoms with Crippen molar-refractivity contribution in [1.29, 1.82) is 0 Å². The first-order chi connectivity index (χ1) is 14.5. The summed E-state index contributed by atoms with van der Waals surface area (Å²) >= 11 is 7.68. The van der Waals surface area contributed by atoms with Crippen LogP contribution in [0.15, 0.2) is 83.5 Å². The van der Waals surface area contributed by atoms with Crippen molar-refractivity contribution >= 4 is 34.8 Å². The summed E-state index contributed by atoms with van der Waals surface area (Å²) in [7, 11) is 0. The molecule has 1 N–H and O–H groups in total. The molecule has 0 aromatic heterocycles. The van der Waals surface area contributed by atoms with Crippen LogP contribution in [0.25, 0.3) is 5.57 Å². The summed E-state index contributed by atoms with van der Waals surface area (Å²) in [6.07, 6.45) is 2.00. The summed E-state index contributed by atoms with van der Waals surface area (Å²) < 4.78 is 13.8. The summed E-state index contributed by atoms with van der Waals surface area (Å²) in [5.74, 6) is -1.29. The smallest absolute Gasteiger partial charge is 0.290 e. The van der Waals surface area contributed by atoms with Crippen LogP contribution in [0.4, 0.5) is 4.39 Å². The number of hydrogen-bond acceptors (Lipinski definition) is 3. The molecule has 1 heterocycles. The molecule has 6 heteroatoms. The van der Waals surface area contributed by atoms with Gasteiger partial charge in [0.1, 0.15) is 5.82 Å². The van der Waals surface area contributed by atoms with Crippen LogP contribution in [0.3, 0.4) is 0 Å². The number of benzene rings is 3. The zero-order valence-electron chi connectivity index (χ0n) is 16.2. The Morgan fingerprint density at radius 3 is 2.40 bits per heavy atom. The number of aliphatic hydroxyl groups is 1. The van der Waals surface area contributed by atoms with Crippen LogP contribution in [0.1, 0.15) is 22.7 Å². The number of carbonyl (C=O) groups excluding carboxylic acids is 1. The van der Waals surface area contributed by atoms with Crippen molar-refractivity contribution in [2.45, 2.75) is 17.5 Å². The fourth-order valence-electron chi connectivity index (χ4n) is 3.69. The highest BCUT2D eigenvalue weighted by Crippen LogP contribution is 2.44. The van der Waals surface area contributed by atoms with Gasteiger partial charge in [-0.25, -0.2) is 4.39 Å². The summed E-state index contributed by atoms with van der Waals surface area (Å²) in [4.78, 5) is 15.8. The van der Waals surface area contributed by atoms with E-state index in [1.165, 1.54) is 12.1 Å². The number of rotatable bonds is 5. The van der Waals surface area contributed by atoms with Gasteiger partial charge in [0.25, 0.3) is 5.91 Å². The highest BCUT2D eigenvalue weighted by Gasteiger charge is 2.41. The monoisotopic (exact) mass is 439 g/mol. The zero-order valence-corrected chi connectivity index (χ0v) is 17.8. The Morgan fingerprint density at radius 2 is 1.77 bits per heavy atom. The van der Waals surface area contributed by atoms with Gasteiger partial charge in [-0.05, 0) is 47.2 Å². The normalized spacial score (nSPS) is 16.4. The van der Waals surface area contributed by atoms with E-state index in [0.717, 1.165) is 16.0 Å². The van der Waals surface area contributed by atoms with Crippen LogP contribution >= 0.6 is 23.4 Å². The summed E-state index contributed by atoms with van der Waals surface area (Å²) in [6, 6.07) is 21.0. The van der Waals surface area contributed by atoms with E-state index in [1.54, 1.807) is 22.7 Å². The van der Waals surface area contributed by atoms with Crippen LogP contribution in [0, 0.1) is 5.82 Å². The Balaban J connectivity index is 1.79. The van der Waals surface area contributed by atoms with Crippen LogP contribution in [-0.4, -0.2) is 22.2 Å². The minimum Gasteiger partial charge on any atom is -0.503 e. The van der Waals surface area contributed by atoms with Gasteiger partial charge in [0.15, 0.2) is 5.76 Å². The molecule has 1 aliphatic rings. The van der Waals surface area contributed by atoms with E-state index in [2.05, 4.69) is 0 Å². The third kappa shape index (κ3) is 3.83. The summed E-state index contributed by atoms with van der Waals surface area (Å²) in [6.45, 7) is 0.299. The third-order valence-corrected chi connectivity index (χ3v) is 6.19. The lowest BCUT2D eigenvalue weighted by molar-refractivity contribution is -0.130. The second-order valence-electron chi connectivity index (χ2n) is 6.99. The van der Waals surface area contributed by atoms with Crippen molar-refractivity contribution in [1.82, 2.24) is 4.90 Å². The SMILES string of the molecule is CSc1ccc(CN2C(=O)C(O)=C(c3ccccc3)[C@@H]2c2ccc(F)c(Cl)c2)cc1. The molecule has 1 amide bonds. The van der Waals surface area contributed by atoms with Crippen LogP contribution in [-0.2, 0) is 11.3 Å². The van der Waals surface area contributed by atoms with Crippen molar-refractivity contribution in [2.24, 2.45) is 0 Å². The quantitative estimate of drug-likeness (QED) is 0.477. The van der Waals surface area contributed by atoms with Crippen LogP contribution in [0.5, 0.6) is 0 Å². The number of aliphatic hydroxyl groups excluding tert-OH is 1. The van der Waals surface area contributed by atoms with E-state index in [1.807, 2.05) is 60.9 Å². The minimum atomic E-state index is -0.585. The fourth-order valence-corrected chi connectivity index (χ4v) is 4.28. The van der Waals surface area contributed by atoms with Gasteiger partial charge in [0.2, 0.25) is 0 Å². The molecule has 0 saturated heterocycles. The minimum absolute atomic E-state index is 0.0250. The fraction of sp³-hybridized carbons (Fsp3) is 0.125. The third-order valence-electron chi connectivity index (χ3n) is 5.16. The standard InChI is InChI=1S/C24H19ClFNO2S/c1-30-18-10-7-15(8-11-18)14-27-22(17-9-12-20(26)19(25)13-17)21(23(28)24(27)29)16-5-3-2-4-6-16/h2-13,22,28H,14H2,1H3/t22-/m0/s1. The number of thioether (sulfide) groups is 1. The summed E-state index contributed by atoms with van der Waals surface area (Å²) in [5, 5.41) is 10.8. The number of carbonyl (C=O) groups is 1. The van der Waals surface area contributed by atoms with Crippen LogP contribution < -0.4 is 0 Å². The Kier molecular flexibility index (Phi) is 5.84. The van der Waals surface area contributed by atoms with Gasteiger partial charge in [0, 0.05) is 17.0 Å². The number of nitrogens with zero attached hydrogens (tertiary/aromatic N) is 1. The Morgan fingerprint density at radius 1 is 1.07 bits per heavy atom. The topological polar surface area (TPSA) is 40.5 Å². The molecule has 4 rings (SSSR count). The van der Waals surface area contributed by atoms with Crippen molar-refractivity contribution < 1.29 is 14.3 Å². The number of halogens is 2. The first kappa shape index (κ1) is 20.5. The molecule has 0 radical (unpaired) electrons. The van der Waals surface area contributed by atoms with E-state index in [4.69, 9.17) is 11.6 Å². The molecule has 3 nitrogen and oxygen atoms in total. The van der Waals surface area contributed by atoms with Gasteiger partial charge < -0.3 is 10.0 Å². The molecule has 0 bridgehead atoms. The predicted octanol–water partition coefficient (Wildman–Crippen LogP) is 6.25. The average Bonchev–Trinajstić information content (AvgIpc) is 3.02. The molecule has 3 aromatic rings. The van der Waals surface area contributed by atoms with E-state index in [-0.39, 0.29) is 10.8 Å². The maximum absolute atomic E-state index is 13.8. The van der Waals surface area contributed by atoms with E-state index < -0.39 is 17.8 Å².